The van der Waals surface area contributed by atoms with Gasteiger partial charge in [0, 0.05) is 6.07 Å². The van der Waals surface area contributed by atoms with E-state index in [4.69, 9.17) is 9.84 Å². The number of alkyl halides is 2. The standard InChI is InChI=1S/C13H12F2N2O4/c14-13(15)6-17(12(13)20)8-3-4-9(16-10(8)11(18)19)21-5-7-1-2-7/h3-4,7H,1-2,5-6H2,(H,18,19). The summed E-state index contributed by atoms with van der Waals surface area (Å²) in [4.78, 5) is 27.0. The van der Waals surface area contributed by atoms with Crippen molar-refractivity contribution >= 4 is 17.6 Å². The number of ether oxygens (including phenoxy) is 1. The summed E-state index contributed by atoms with van der Waals surface area (Å²) >= 11 is 0. The van der Waals surface area contributed by atoms with Crippen LogP contribution in [0, 0.1) is 5.92 Å². The third kappa shape index (κ3) is 2.53. The van der Waals surface area contributed by atoms with E-state index in [0.717, 1.165) is 12.8 Å². The second kappa shape index (κ2) is 4.64. The number of rotatable bonds is 5. The van der Waals surface area contributed by atoms with Gasteiger partial charge >= 0.3 is 11.9 Å². The van der Waals surface area contributed by atoms with Gasteiger partial charge in [-0.05, 0) is 24.8 Å². The molecule has 3 rings (SSSR count). The zero-order chi connectivity index (χ0) is 15.2. The van der Waals surface area contributed by atoms with Crippen LogP contribution in [-0.4, -0.2) is 41.0 Å². The molecule has 1 aromatic rings. The molecule has 0 spiro atoms. The van der Waals surface area contributed by atoms with Crippen LogP contribution in [0.15, 0.2) is 12.1 Å². The summed E-state index contributed by atoms with van der Waals surface area (Å²) < 4.78 is 31.2. The van der Waals surface area contributed by atoms with Gasteiger partial charge in [0.05, 0.1) is 18.8 Å². The SMILES string of the molecule is O=C(O)c1nc(OCC2CC2)ccc1N1CC(F)(F)C1=O. The Bertz CT molecular complexity index is 616. The summed E-state index contributed by atoms with van der Waals surface area (Å²) in [5, 5.41) is 9.12. The fourth-order valence-corrected chi connectivity index (χ4v) is 2.02. The van der Waals surface area contributed by atoms with Crippen LogP contribution in [0.1, 0.15) is 23.3 Å². The Labute approximate surface area is 118 Å². The first-order valence-electron chi connectivity index (χ1n) is 6.45. The zero-order valence-electron chi connectivity index (χ0n) is 10.9. The molecule has 1 saturated heterocycles. The second-order valence-electron chi connectivity index (χ2n) is 5.17. The van der Waals surface area contributed by atoms with Crippen molar-refractivity contribution < 1.29 is 28.2 Å². The Hall–Kier alpha value is -2.25. The number of hydrogen-bond acceptors (Lipinski definition) is 4. The van der Waals surface area contributed by atoms with Crippen molar-refractivity contribution in [2.24, 2.45) is 5.92 Å². The van der Waals surface area contributed by atoms with E-state index < -0.39 is 30.0 Å². The lowest BCUT2D eigenvalue weighted by Crippen LogP contribution is -2.62. The first-order chi connectivity index (χ1) is 9.88. The quantitative estimate of drug-likeness (QED) is 0.834. The van der Waals surface area contributed by atoms with E-state index in [9.17, 15) is 18.4 Å². The Morgan fingerprint density at radius 1 is 1.48 bits per heavy atom. The van der Waals surface area contributed by atoms with Crippen LogP contribution in [0.4, 0.5) is 14.5 Å². The molecule has 1 saturated carbocycles. The molecule has 0 atom stereocenters. The average molecular weight is 298 g/mol. The number of halogens is 2. The minimum absolute atomic E-state index is 0.114. The van der Waals surface area contributed by atoms with Crippen LogP contribution >= 0.6 is 0 Å². The average Bonchev–Trinajstić information content (AvgIpc) is 3.26. The van der Waals surface area contributed by atoms with Gasteiger partial charge in [-0.15, -0.1) is 0 Å². The van der Waals surface area contributed by atoms with Gasteiger partial charge in [-0.2, -0.15) is 8.78 Å². The number of aromatic nitrogens is 1. The van der Waals surface area contributed by atoms with Gasteiger partial charge < -0.3 is 9.84 Å². The molecule has 0 aromatic carbocycles. The maximum absolute atomic E-state index is 12.9. The summed E-state index contributed by atoms with van der Waals surface area (Å²) in [6.07, 6.45) is 2.14. The molecule has 2 fully saturated rings. The molecule has 0 bridgehead atoms. The summed E-state index contributed by atoms with van der Waals surface area (Å²) in [6.45, 7) is -0.387. The van der Waals surface area contributed by atoms with E-state index >= 15 is 0 Å². The van der Waals surface area contributed by atoms with E-state index in [2.05, 4.69) is 4.98 Å². The number of nitrogens with zero attached hydrogens (tertiary/aromatic N) is 2. The number of carboxylic acids is 1. The van der Waals surface area contributed by atoms with Crippen molar-refractivity contribution in [3.63, 3.8) is 0 Å². The second-order valence-corrected chi connectivity index (χ2v) is 5.17. The molecule has 1 aromatic heterocycles. The lowest BCUT2D eigenvalue weighted by Gasteiger charge is -2.37. The van der Waals surface area contributed by atoms with E-state index in [-0.39, 0.29) is 11.6 Å². The Morgan fingerprint density at radius 2 is 2.19 bits per heavy atom. The van der Waals surface area contributed by atoms with E-state index in [1.807, 2.05) is 0 Å². The van der Waals surface area contributed by atoms with E-state index in [1.165, 1.54) is 12.1 Å². The number of anilines is 1. The van der Waals surface area contributed by atoms with Gasteiger partial charge in [0.2, 0.25) is 5.88 Å². The van der Waals surface area contributed by atoms with Crippen LogP contribution in [0.2, 0.25) is 0 Å². The molecule has 2 aliphatic rings. The largest absolute Gasteiger partial charge is 0.477 e. The van der Waals surface area contributed by atoms with Gasteiger partial charge in [-0.25, -0.2) is 9.78 Å². The number of hydrogen-bond donors (Lipinski definition) is 1. The highest BCUT2D eigenvalue weighted by molar-refractivity contribution is 6.08. The fraction of sp³-hybridized carbons (Fsp3) is 0.462. The van der Waals surface area contributed by atoms with Gasteiger partial charge in [0.25, 0.3) is 5.91 Å². The van der Waals surface area contributed by atoms with Crippen LogP contribution in [-0.2, 0) is 4.79 Å². The smallest absolute Gasteiger partial charge is 0.356 e. The number of aromatic carboxylic acids is 1. The highest BCUT2D eigenvalue weighted by Gasteiger charge is 2.55. The van der Waals surface area contributed by atoms with Crippen molar-refractivity contribution in [3.8, 4) is 5.88 Å². The molecular weight excluding hydrogens is 286 g/mol. The molecule has 0 radical (unpaired) electrons. The van der Waals surface area contributed by atoms with Crippen LogP contribution in [0.3, 0.4) is 0 Å². The normalized spacial score (nSPS) is 20.1. The monoisotopic (exact) mass is 298 g/mol. The molecule has 112 valence electrons. The molecule has 1 aliphatic carbocycles. The molecule has 1 aliphatic heterocycles. The lowest BCUT2D eigenvalue weighted by atomic mass is 10.1. The van der Waals surface area contributed by atoms with Crippen LogP contribution in [0.25, 0.3) is 0 Å². The van der Waals surface area contributed by atoms with E-state index in [0.29, 0.717) is 17.4 Å². The Kier molecular flexibility index (Phi) is 3.03. The van der Waals surface area contributed by atoms with Gasteiger partial charge in [-0.1, -0.05) is 0 Å². The third-order valence-corrected chi connectivity index (χ3v) is 3.42. The van der Waals surface area contributed by atoms with Crippen molar-refractivity contribution in [3.05, 3.63) is 17.8 Å². The van der Waals surface area contributed by atoms with E-state index in [1.54, 1.807) is 0 Å². The van der Waals surface area contributed by atoms with Crippen molar-refractivity contribution in [1.82, 2.24) is 4.98 Å². The Morgan fingerprint density at radius 3 is 2.71 bits per heavy atom. The minimum Gasteiger partial charge on any atom is -0.477 e. The topological polar surface area (TPSA) is 79.7 Å². The number of carboxylic acid groups (broad SMARTS) is 1. The van der Waals surface area contributed by atoms with Gasteiger partial charge in [0.1, 0.15) is 0 Å². The fourth-order valence-electron chi connectivity index (χ4n) is 2.02. The molecule has 1 N–H and O–H groups in total. The maximum Gasteiger partial charge on any atom is 0.356 e. The predicted octanol–water partition coefficient (Wildman–Crippen LogP) is 1.55. The molecule has 2 heterocycles. The molecule has 21 heavy (non-hydrogen) atoms. The lowest BCUT2D eigenvalue weighted by molar-refractivity contribution is -0.152. The first-order valence-corrected chi connectivity index (χ1v) is 6.45. The summed E-state index contributed by atoms with van der Waals surface area (Å²) in [7, 11) is 0. The zero-order valence-corrected chi connectivity index (χ0v) is 10.9. The third-order valence-electron chi connectivity index (χ3n) is 3.42. The predicted molar refractivity (Wildman–Crippen MR) is 66.7 cm³/mol. The minimum atomic E-state index is -3.43. The number of carbonyl (C=O) groups excluding carboxylic acids is 1. The summed E-state index contributed by atoms with van der Waals surface area (Å²) in [5.41, 5.74) is -0.607. The van der Waals surface area contributed by atoms with Crippen molar-refractivity contribution in [2.45, 2.75) is 18.8 Å². The van der Waals surface area contributed by atoms with Crippen molar-refractivity contribution in [1.29, 1.82) is 0 Å². The number of carbonyl (C=O) groups is 2. The van der Waals surface area contributed by atoms with Gasteiger partial charge in [-0.3, -0.25) is 9.69 Å². The number of pyridine rings is 1. The molecule has 8 heteroatoms. The number of β-lactam (4-membered cyclic amide) rings is 1. The molecule has 6 nitrogen and oxygen atoms in total. The summed E-state index contributed by atoms with van der Waals surface area (Å²) in [6, 6.07) is 2.65. The van der Waals surface area contributed by atoms with Gasteiger partial charge in [0.15, 0.2) is 5.69 Å². The molecule has 0 unspecified atom stereocenters. The molecule has 1 amide bonds. The maximum atomic E-state index is 12.9. The number of amides is 1. The van der Waals surface area contributed by atoms with Crippen LogP contribution in [0.5, 0.6) is 5.88 Å². The highest BCUT2D eigenvalue weighted by atomic mass is 19.3. The first kappa shape index (κ1) is 13.7. The highest BCUT2D eigenvalue weighted by Crippen LogP contribution is 2.36. The molecular formula is C13H12F2N2O4. The van der Waals surface area contributed by atoms with Crippen LogP contribution < -0.4 is 9.64 Å². The Balaban J connectivity index is 1.83. The van der Waals surface area contributed by atoms with Crippen molar-refractivity contribution in [2.75, 3.05) is 18.1 Å². The summed E-state index contributed by atoms with van der Waals surface area (Å²) in [5.74, 6) is -5.67.